The van der Waals surface area contributed by atoms with Crippen molar-refractivity contribution < 1.29 is 9.84 Å². The molecule has 2 rings (SSSR count). The topological polar surface area (TPSA) is 65.3 Å². The second-order valence-corrected chi connectivity index (χ2v) is 5.88. The van der Waals surface area contributed by atoms with Crippen LogP contribution in [-0.2, 0) is 11.3 Å². The molecule has 0 radical (unpaired) electrons. The van der Waals surface area contributed by atoms with Crippen molar-refractivity contribution in [1.82, 2.24) is 0 Å². The largest absolute Gasteiger partial charge is 0.389 e. The number of benzene rings is 1. The summed E-state index contributed by atoms with van der Waals surface area (Å²) in [4.78, 5) is 1.13. The molecule has 4 nitrogen and oxygen atoms in total. The molecule has 0 aliphatic carbocycles. The minimum absolute atomic E-state index is 0.249. The van der Waals surface area contributed by atoms with Gasteiger partial charge in [0, 0.05) is 11.4 Å². The number of nitrogens with one attached hydrogen (secondary N) is 1. The number of hydrogen-bond acceptors (Lipinski definition) is 5. The summed E-state index contributed by atoms with van der Waals surface area (Å²) in [5.41, 5.74) is 1.19. The summed E-state index contributed by atoms with van der Waals surface area (Å²) >= 11 is 7.66. The average molecular weight is 323 g/mol. The number of rotatable bonds is 7. The normalized spacial score (nSPS) is 11.9. The molecule has 110 valence electrons. The van der Waals surface area contributed by atoms with E-state index in [0.717, 1.165) is 4.88 Å². The van der Waals surface area contributed by atoms with Crippen LogP contribution in [0, 0.1) is 11.3 Å². The molecule has 2 aromatic rings. The highest BCUT2D eigenvalue weighted by atomic mass is 35.5. The molecule has 0 saturated carbocycles. The summed E-state index contributed by atoms with van der Waals surface area (Å²) in [5.74, 6) is 0. The minimum atomic E-state index is -0.628. The Morgan fingerprint density at radius 1 is 1.43 bits per heavy atom. The van der Waals surface area contributed by atoms with Gasteiger partial charge in [-0.1, -0.05) is 17.7 Å². The van der Waals surface area contributed by atoms with Crippen LogP contribution in [-0.4, -0.2) is 24.4 Å². The molecule has 0 spiro atoms. The van der Waals surface area contributed by atoms with Crippen LogP contribution in [0.5, 0.6) is 0 Å². The van der Waals surface area contributed by atoms with Crippen LogP contribution in [0.1, 0.15) is 10.4 Å². The average Bonchev–Trinajstić information content (AvgIpc) is 2.99. The van der Waals surface area contributed by atoms with Crippen LogP contribution in [0.3, 0.4) is 0 Å². The van der Waals surface area contributed by atoms with Gasteiger partial charge in [0.25, 0.3) is 0 Å². The molecule has 1 atom stereocenters. The van der Waals surface area contributed by atoms with Gasteiger partial charge < -0.3 is 15.2 Å². The number of hydrogen-bond donors (Lipinski definition) is 2. The number of nitrogens with zero attached hydrogens (tertiary/aromatic N) is 1. The van der Waals surface area contributed by atoms with Gasteiger partial charge in [-0.05, 0) is 29.6 Å². The molecule has 0 bridgehead atoms. The zero-order chi connectivity index (χ0) is 15.1. The molecule has 6 heteroatoms. The van der Waals surface area contributed by atoms with Gasteiger partial charge in [0.15, 0.2) is 0 Å². The van der Waals surface area contributed by atoms with Crippen molar-refractivity contribution in [1.29, 1.82) is 5.26 Å². The van der Waals surface area contributed by atoms with Crippen LogP contribution in [0.4, 0.5) is 5.69 Å². The molecule has 2 N–H and O–H groups in total. The van der Waals surface area contributed by atoms with E-state index >= 15 is 0 Å². The summed E-state index contributed by atoms with van der Waals surface area (Å²) < 4.78 is 5.44. The molecule has 0 saturated heterocycles. The second kappa shape index (κ2) is 8.01. The highest BCUT2D eigenvalue weighted by Crippen LogP contribution is 2.22. The number of ether oxygens (including phenoxy) is 1. The van der Waals surface area contributed by atoms with Gasteiger partial charge >= 0.3 is 0 Å². The summed E-state index contributed by atoms with van der Waals surface area (Å²) in [7, 11) is 0. The Kier molecular flexibility index (Phi) is 6.03. The first kappa shape index (κ1) is 15.8. The molecule has 1 aromatic heterocycles. The van der Waals surface area contributed by atoms with E-state index in [1.165, 1.54) is 0 Å². The van der Waals surface area contributed by atoms with Crippen LogP contribution in [0.15, 0.2) is 35.7 Å². The van der Waals surface area contributed by atoms with E-state index in [4.69, 9.17) is 21.6 Å². The first-order chi connectivity index (χ1) is 10.2. The monoisotopic (exact) mass is 322 g/mol. The summed E-state index contributed by atoms with van der Waals surface area (Å²) in [6, 6.07) is 11.0. The van der Waals surface area contributed by atoms with Gasteiger partial charge in [-0.25, -0.2) is 0 Å². The summed E-state index contributed by atoms with van der Waals surface area (Å²) in [5, 5.41) is 24.1. The Morgan fingerprint density at radius 2 is 2.29 bits per heavy atom. The van der Waals surface area contributed by atoms with Crippen molar-refractivity contribution >= 4 is 28.6 Å². The lowest BCUT2D eigenvalue weighted by molar-refractivity contribution is 0.0359. The first-order valence-electron chi connectivity index (χ1n) is 6.40. The third-order valence-corrected chi connectivity index (χ3v) is 3.92. The Labute approximate surface area is 132 Å². The number of nitriles is 1. The van der Waals surface area contributed by atoms with Crippen LogP contribution >= 0.6 is 22.9 Å². The smallest absolute Gasteiger partial charge is 0.0992 e. The van der Waals surface area contributed by atoms with Crippen molar-refractivity contribution in [3.8, 4) is 6.07 Å². The fraction of sp³-hybridized carbons (Fsp3) is 0.267. The minimum Gasteiger partial charge on any atom is -0.389 e. The van der Waals surface area contributed by atoms with Crippen molar-refractivity contribution in [3.05, 3.63) is 51.2 Å². The first-order valence-corrected chi connectivity index (χ1v) is 7.66. The fourth-order valence-electron chi connectivity index (χ4n) is 1.70. The lowest BCUT2D eigenvalue weighted by Gasteiger charge is -2.14. The van der Waals surface area contributed by atoms with E-state index in [1.807, 2.05) is 23.6 Å². The summed E-state index contributed by atoms with van der Waals surface area (Å²) in [6.45, 7) is 1.08. The predicted molar refractivity (Wildman–Crippen MR) is 84.6 cm³/mol. The molecule has 0 aliphatic heterocycles. The Morgan fingerprint density at radius 3 is 2.95 bits per heavy atom. The Bertz CT molecular complexity index is 611. The van der Waals surface area contributed by atoms with Crippen molar-refractivity contribution in [2.45, 2.75) is 12.7 Å². The van der Waals surface area contributed by atoms with Crippen molar-refractivity contribution in [2.75, 3.05) is 18.5 Å². The molecule has 0 amide bonds. The lowest BCUT2D eigenvalue weighted by atomic mass is 10.2. The molecule has 0 fully saturated rings. The van der Waals surface area contributed by atoms with Gasteiger partial charge in [0.05, 0.1) is 41.7 Å². The molecular weight excluding hydrogens is 308 g/mol. The third-order valence-electron chi connectivity index (χ3n) is 2.76. The van der Waals surface area contributed by atoms with Crippen LogP contribution in [0.2, 0.25) is 5.02 Å². The number of aliphatic hydroxyl groups excluding tert-OH is 1. The Hall–Kier alpha value is -1.58. The van der Waals surface area contributed by atoms with Crippen LogP contribution < -0.4 is 5.32 Å². The zero-order valence-electron chi connectivity index (χ0n) is 11.3. The maximum Gasteiger partial charge on any atom is 0.0992 e. The highest BCUT2D eigenvalue weighted by molar-refractivity contribution is 7.09. The maximum atomic E-state index is 9.85. The summed E-state index contributed by atoms with van der Waals surface area (Å²) in [6.07, 6.45) is -0.628. The van der Waals surface area contributed by atoms with Gasteiger partial charge in [-0.3, -0.25) is 0 Å². The van der Waals surface area contributed by atoms with E-state index in [1.54, 1.807) is 29.5 Å². The van der Waals surface area contributed by atoms with Crippen molar-refractivity contribution in [3.63, 3.8) is 0 Å². The van der Waals surface area contributed by atoms with E-state index < -0.39 is 6.10 Å². The molecule has 1 aromatic carbocycles. The van der Waals surface area contributed by atoms with Gasteiger partial charge in [0.1, 0.15) is 0 Å². The zero-order valence-corrected chi connectivity index (χ0v) is 12.8. The molecular formula is C15H15ClN2O2S. The predicted octanol–water partition coefficient (Wildman–Crippen LogP) is 3.26. The third kappa shape index (κ3) is 5.03. The SMILES string of the molecule is N#Cc1ccc(NCC(O)COCc2cccs2)c(Cl)c1. The van der Waals surface area contributed by atoms with E-state index in [9.17, 15) is 5.11 Å². The number of thiophene rings is 1. The molecule has 1 heterocycles. The molecule has 0 aliphatic rings. The number of halogens is 1. The fourth-order valence-corrected chi connectivity index (χ4v) is 2.59. The standard InChI is InChI=1S/C15H15ClN2O2S/c16-14-6-11(7-17)3-4-15(14)18-8-12(19)9-20-10-13-2-1-5-21-13/h1-6,12,18-19H,8-10H2. The lowest BCUT2D eigenvalue weighted by Crippen LogP contribution is -2.24. The molecule has 21 heavy (non-hydrogen) atoms. The van der Waals surface area contributed by atoms with E-state index in [-0.39, 0.29) is 6.61 Å². The highest BCUT2D eigenvalue weighted by Gasteiger charge is 2.07. The van der Waals surface area contributed by atoms with Gasteiger partial charge in [-0.15, -0.1) is 11.3 Å². The van der Waals surface area contributed by atoms with Gasteiger partial charge in [-0.2, -0.15) is 5.26 Å². The molecule has 1 unspecified atom stereocenters. The number of anilines is 1. The maximum absolute atomic E-state index is 9.85. The van der Waals surface area contributed by atoms with Gasteiger partial charge in [0.2, 0.25) is 0 Å². The van der Waals surface area contributed by atoms with E-state index in [2.05, 4.69) is 5.32 Å². The van der Waals surface area contributed by atoms with Crippen molar-refractivity contribution in [2.24, 2.45) is 0 Å². The number of aliphatic hydroxyl groups is 1. The second-order valence-electron chi connectivity index (χ2n) is 4.44. The quantitative estimate of drug-likeness (QED) is 0.821. The van der Waals surface area contributed by atoms with Crippen LogP contribution in [0.25, 0.3) is 0 Å². The van der Waals surface area contributed by atoms with E-state index in [0.29, 0.717) is 29.4 Å². The Balaban J connectivity index is 1.73.